The number of anilines is 1. The second-order valence-electron chi connectivity index (χ2n) is 4.28. The third kappa shape index (κ3) is 3.57. The summed E-state index contributed by atoms with van der Waals surface area (Å²) in [5.74, 6) is -0.913. The van der Waals surface area contributed by atoms with Gasteiger partial charge in [-0.1, -0.05) is 0 Å². The molecule has 0 saturated carbocycles. The summed E-state index contributed by atoms with van der Waals surface area (Å²) in [5.41, 5.74) is -0.0502. The Morgan fingerprint density at radius 1 is 1.35 bits per heavy atom. The third-order valence-corrected chi connectivity index (χ3v) is 2.72. The van der Waals surface area contributed by atoms with Crippen molar-refractivity contribution in [3.63, 3.8) is 0 Å². The molecule has 0 aliphatic heterocycles. The maximum atomic E-state index is 13.3. The van der Waals surface area contributed by atoms with Crippen molar-refractivity contribution in [1.29, 1.82) is 0 Å². The zero-order valence-corrected chi connectivity index (χ0v) is 10.8. The van der Waals surface area contributed by atoms with E-state index in [0.29, 0.717) is 5.76 Å². The van der Waals surface area contributed by atoms with Crippen LogP contribution in [0.25, 0.3) is 0 Å². The van der Waals surface area contributed by atoms with Gasteiger partial charge in [-0.15, -0.1) is 0 Å². The van der Waals surface area contributed by atoms with E-state index in [4.69, 9.17) is 4.42 Å². The average molecular weight is 280 g/mol. The van der Waals surface area contributed by atoms with Gasteiger partial charge >= 0.3 is 0 Å². The molecule has 1 atom stereocenters. The fraction of sp³-hybridized carbons (Fsp3) is 0.214. The molecule has 0 radical (unpaired) electrons. The molecule has 0 saturated heterocycles. The van der Waals surface area contributed by atoms with Crippen LogP contribution in [-0.2, 0) is 4.79 Å². The molecule has 0 fully saturated rings. The number of amides is 1. The summed E-state index contributed by atoms with van der Waals surface area (Å²) < 4.78 is 31.4. The van der Waals surface area contributed by atoms with Crippen molar-refractivity contribution in [2.45, 2.75) is 13.0 Å². The number of hydrogen-bond donors (Lipinski definition) is 2. The lowest BCUT2D eigenvalue weighted by Crippen LogP contribution is -2.32. The Morgan fingerprint density at radius 2 is 2.15 bits per heavy atom. The second kappa shape index (κ2) is 6.18. The van der Waals surface area contributed by atoms with Crippen molar-refractivity contribution in [3.8, 4) is 0 Å². The predicted octanol–water partition coefficient (Wildman–Crippen LogP) is 2.85. The molecule has 106 valence electrons. The zero-order chi connectivity index (χ0) is 14.5. The van der Waals surface area contributed by atoms with E-state index >= 15 is 0 Å². The number of nitrogens with one attached hydrogen (secondary N) is 2. The van der Waals surface area contributed by atoms with Crippen molar-refractivity contribution in [1.82, 2.24) is 5.32 Å². The molecule has 2 N–H and O–H groups in total. The molecule has 20 heavy (non-hydrogen) atoms. The van der Waals surface area contributed by atoms with Gasteiger partial charge in [0.05, 0.1) is 24.5 Å². The summed E-state index contributed by atoms with van der Waals surface area (Å²) in [6.45, 7) is 1.60. The lowest BCUT2D eigenvalue weighted by Gasteiger charge is -2.12. The highest BCUT2D eigenvalue weighted by Crippen LogP contribution is 2.15. The van der Waals surface area contributed by atoms with Crippen molar-refractivity contribution >= 4 is 11.6 Å². The number of benzene rings is 1. The average Bonchev–Trinajstić information content (AvgIpc) is 2.94. The Bertz CT molecular complexity index is 585. The molecule has 2 aromatic rings. The van der Waals surface area contributed by atoms with Gasteiger partial charge < -0.3 is 15.1 Å². The number of rotatable bonds is 5. The van der Waals surface area contributed by atoms with Crippen LogP contribution in [0.15, 0.2) is 41.0 Å². The predicted molar refractivity (Wildman–Crippen MR) is 70.1 cm³/mol. The van der Waals surface area contributed by atoms with Crippen LogP contribution in [0, 0.1) is 11.6 Å². The normalized spacial score (nSPS) is 11.9. The summed E-state index contributed by atoms with van der Waals surface area (Å²) in [6.07, 6.45) is 1.51. The van der Waals surface area contributed by atoms with Gasteiger partial charge in [0.1, 0.15) is 17.4 Å². The van der Waals surface area contributed by atoms with E-state index in [2.05, 4.69) is 10.6 Å². The van der Waals surface area contributed by atoms with Crippen molar-refractivity contribution in [3.05, 3.63) is 54.0 Å². The maximum Gasteiger partial charge on any atom is 0.239 e. The molecule has 1 aromatic heterocycles. The first-order chi connectivity index (χ1) is 9.56. The minimum absolute atomic E-state index is 0.0502. The number of hydrogen-bond acceptors (Lipinski definition) is 3. The van der Waals surface area contributed by atoms with Crippen LogP contribution in [0.4, 0.5) is 14.5 Å². The lowest BCUT2D eigenvalue weighted by molar-refractivity contribution is -0.120. The van der Waals surface area contributed by atoms with E-state index < -0.39 is 11.6 Å². The third-order valence-electron chi connectivity index (χ3n) is 2.72. The van der Waals surface area contributed by atoms with Crippen LogP contribution in [0.3, 0.4) is 0 Å². The second-order valence-corrected chi connectivity index (χ2v) is 4.28. The standard InChI is InChI=1S/C14H14F2N2O2/c1-9(13-3-2-6-20-13)18-14(19)8-17-12-7-10(15)4-5-11(12)16/h2-7,9,17H,8H2,1H3,(H,18,19). The van der Waals surface area contributed by atoms with Crippen molar-refractivity contribution in [2.75, 3.05) is 11.9 Å². The number of carbonyl (C=O) groups excluding carboxylic acids is 1. The first kappa shape index (κ1) is 14.0. The number of halogens is 2. The van der Waals surface area contributed by atoms with Gasteiger partial charge in [-0.2, -0.15) is 0 Å². The molecule has 1 amide bonds. The van der Waals surface area contributed by atoms with Gasteiger partial charge in [0.25, 0.3) is 0 Å². The highest BCUT2D eigenvalue weighted by Gasteiger charge is 2.12. The molecule has 0 aliphatic carbocycles. The van der Waals surface area contributed by atoms with Gasteiger partial charge in [-0.05, 0) is 37.3 Å². The number of carbonyl (C=O) groups is 1. The van der Waals surface area contributed by atoms with Crippen LogP contribution in [0.1, 0.15) is 18.7 Å². The summed E-state index contributed by atoms with van der Waals surface area (Å²) in [7, 11) is 0. The summed E-state index contributed by atoms with van der Waals surface area (Å²) >= 11 is 0. The minimum Gasteiger partial charge on any atom is -0.467 e. The first-order valence-corrected chi connectivity index (χ1v) is 6.08. The molecule has 6 heteroatoms. The van der Waals surface area contributed by atoms with Crippen LogP contribution < -0.4 is 10.6 Å². The van der Waals surface area contributed by atoms with Crippen LogP contribution >= 0.6 is 0 Å². The summed E-state index contributed by atoms with van der Waals surface area (Å²) in [6, 6.07) is 6.18. The molecule has 2 rings (SSSR count). The molecule has 4 nitrogen and oxygen atoms in total. The molecule has 0 spiro atoms. The topological polar surface area (TPSA) is 54.3 Å². The van der Waals surface area contributed by atoms with Gasteiger partial charge in [-0.25, -0.2) is 8.78 Å². The van der Waals surface area contributed by atoms with Gasteiger partial charge in [0.2, 0.25) is 5.91 Å². The van der Waals surface area contributed by atoms with E-state index in [1.54, 1.807) is 19.1 Å². The fourth-order valence-electron chi connectivity index (χ4n) is 1.71. The molecule has 1 heterocycles. The van der Waals surface area contributed by atoms with Crippen LogP contribution in [-0.4, -0.2) is 12.5 Å². The summed E-state index contributed by atoms with van der Waals surface area (Å²) in [5, 5.41) is 5.22. The molecule has 0 bridgehead atoms. The Kier molecular flexibility index (Phi) is 4.34. The van der Waals surface area contributed by atoms with Crippen LogP contribution in [0.5, 0.6) is 0 Å². The lowest BCUT2D eigenvalue weighted by atomic mass is 10.2. The van der Waals surface area contributed by atoms with Crippen LogP contribution in [0.2, 0.25) is 0 Å². The zero-order valence-electron chi connectivity index (χ0n) is 10.8. The Morgan fingerprint density at radius 3 is 2.85 bits per heavy atom. The Labute approximate surface area is 114 Å². The van der Waals surface area contributed by atoms with Crippen molar-refractivity contribution in [2.24, 2.45) is 0 Å². The fourth-order valence-corrected chi connectivity index (χ4v) is 1.71. The molecular weight excluding hydrogens is 266 g/mol. The van der Waals surface area contributed by atoms with Gasteiger partial charge in [0.15, 0.2) is 0 Å². The van der Waals surface area contributed by atoms with E-state index in [1.165, 1.54) is 6.26 Å². The van der Waals surface area contributed by atoms with E-state index in [1.807, 2.05) is 0 Å². The van der Waals surface area contributed by atoms with E-state index in [0.717, 1.165) is 18.2 Å². The molecular formula is C14H14F2N2O2. The monoisotopic (exact) mass is 280 g/mol. The molecule has 1 aromatic carbocycles. The Balaban J connectivity index is 1.87. The van der Waals surface area contributed by atoms with E-state index in [-0.39, 0.29) is 24.2 Å². The van der Waals surface area contributed by atoms with Crippen molar-refractivity contribution < 1.29 is 18.0 Å². The Hall–Kier alpha value is -2.37. The quantitative estimate of drug-likeness (QED) is 0.885. The summed E-state index contributed by atoms with van der Waals surface area (Å²) in [4.78, 5) is 11.7. The van der Waals surface area contributed by atoms with Gasteiger partial charge in [0, 0.05) is 0 Å². The number of furan rings is 1. The van der Waals surface area contributed by atoms with E-state index in [9.17, 15) is 13.6 Å². The minimum atomic E-state index is -0.613. The highest BCUT2D eigenvalue weighted by molar-refractivity contribution is 5.81. The SMILES string of the molecule is CC(NC(=O)CNc1cc(F)ccc1F)c1ccco1. The largest absolute Gasteiger partial charge is 0.467 e. The first-order valence-electron chi connectivity index (χ1n) is 6.08. The smallest absolute Gasteiger partial charge is 0.239 e. The van der Waals surface area contributed by atoms with Gasteiger partial charge in [-0.3, -0.25) is 4.79 Å². The maximum absolute atomic E-state index is 13.3. The molecule has 0 aliphatic rings. The molecule has 1 unspecified atom stereocenters. The highest BCUT2D eigenvalue weighted by atomic mass is 19.1.